The molecule has 0 radical (unpaired) electrons. The summed E-state index contributed by atoms with van der Waals surface area (Å²) >= 11 is 3.50. The number of hydrogen-bond acceptors (Lipinski definition) is 3. The zero-order chi connectivity index (χ0) is 13.7. The molecule has 0 unspecified atom stereocenters. The number of hydrogen-bond donors (Lipinski definition) is 1. The summed E-state index contributed by atoms with van der Waals surface area (Å²) in [5.74, 6) is 0.932. The highest BCUT2D eigenvalue weighted by atomic mass is 79.9. The number of aromatic nitrogens is 2. The first-order valence-corrected chi connectivity index (χ1v) is 7.12. The Balaban J connectivity index is 2.06. The Morgan fingerprint density at radius 2 is 2.26 bits per heavy atom. The average Bonchev–Trinajstić information content (AvgIpc) is 2.81. The van der Waals surface area contributed by atoms with Gasteiger partial charge in [0.2, 0.25) is 0 Å². The standard InChI is InChI=1S/C14H18BrN3O/c1-3-6-19-14-5-4-12(15)7-11(14)8-16-13-9-17-18(2)10-13/h4-5,7,9-10,16H,3,6,8H2,1-2H3. The molecule has 1 heterocycles. The van der Waals surface area contributed by atoms with Gasteiger partial charge in [-0.2, -0.15) is 5.10 Å². The summed E-state index contributed by atoms with van der Waals surface area (Å²) in [5.41, 5.74) is 2.13. The Kier molecular flexibility index (Phi) is 4.85. The molecule has 0 saturated heterocycles. The molecule has 4 nitrogen and oxygen atoms in total. The lowest BCUT2D eigenvalue weighted by molar-refractivity contribution is 0.314. The van der Waals surface area contributed by atoms with Gasteiger partial charge in [-0.15, -0.1) is 0 Å². The predicted molar refractivity (Wildman–Crippen MR) is 80.5 cm³/mol. The summed E-state index contributed by atoms with van der Waals surface area (Å²) in [6.07, 6.45) is 4.76. The fraction of sp³-hybridized carbons (Fsp3) is 0.357. The van der Waals surface area contributed by atoms with E-state index < -0.39 is 0 Å². The molecule has 2 aromatic rings. The van der Waals surface area contributed by atoms with Crippen LogP contribution in [0, 0.1) is 0 Å². The molecule has 1 aromatic carbocycles. The van der Waals surface area contributed by atoms with Crippen LogP contribution in [0.5, 0.6) is 5.75 Å². The number of nitrogens with zero attached hydrogens (tertiary/aromatic N) is 2. The van der Waals surface area contributed by atoms with Crippen LogP contribution in [0.1, 0.15) is 18.9 Å². The summed E-state index contributed by atoms with van der Waals surface area (Å²) < 4.78 is 8.58. The van der Waals surface area contributed by atoms with Crippen molar-refractivity contribution in [2.75, 3.05) is 11.9 Å². The van der Waals surface area contributed by atoms with Crippen molar-refractivity contribution in [3.8, 4) is 5.75 Å². The largest absolute Gasteiger partial charge is 0.493 e. The minimum Gasteiger partial charge on any atom is -0.493 e. The third-order valence-electron chi connectivity index (χ3n) is 2.67. The van der Waals surface area contributed by atoms with Crippen LogP contribution in [-0.4, -0.2) is 16.4 Å². The molecule has 5 heteroatoms. The average molecular weight is 324 g/mol. The van der Waals surface area contributed by atoms with Crippen LogP contribution in [0.15, 0.2) is 35.1 Å². The van der Waals surface area contributed by atoms with E-state index in [1.165, 1.54) is 0 Å². The fourth-order valence-corrected chi connectivity index (χ4v) is 2.16. The van der Waals surface area contributed by atoms with E-state index in [0.717, 1.165) is 34.5 Å². The normalized spacial score (nSPS) is 10.5. The maximum atomic E-state index is 5.75. The van der Waals surface area contributed by atoms with Crippen LogP contribution < -0.4 is 10.1 Å². The van der Waals surface area contributed by atoms with Crippen molar-refractivity contribution in [3.63, 3.8) is 0 Å². The van der Waals surface area contributed by atoms with Crippen LogP contribution in [0.25, 0.3) is 0 Å². The summed E-state index contributed by atoms with van der Waals surface area (Å²) in [5, 5.41) is 7.47. The van der Waals surface area contributed by atoms with Crippen LogP contribution in [0.4, 0.5) is 5.69 Å². The van der Waals surface area contributed by atoms with Crippen molar-refractivity contribution in [2.45, 2.75) is 19.9 Å². The molecule has 0 saturated carbocycles. The van der Waals surface area contributed by atoms with E-state index >= 15 is 0 Å². The van der Waals surface area contributed by atoms with Gasteiger partial charge in [0.15, 0.2) is 0 Å². The van der Waals surface area contributed by atoms with Crippen LogP contribution >= 0.6 is 15.9 Å². The van der Waals surface area contributed by atoms with Gasteiger partial charge in [-0.05, 0) is 24.6 Å². The molecule has 1 N–H and O–H groups in total. The van der Waals surface area contributed by atoms with E-state index in [9.17, 15) is 0 Å². The lowest BCUT2D eigenvalue weighted by atomic mass is 10.2. The monoisotopic (exact) mass is 323 g/mol. The highest BCUT2D eigenvalue weighted by molar-refractivity contribution is 9.10. The smallest absolute Gasteiger partial charge is 0.124 e. The van der Waals surface area contributed by atoms with Crippen molar-refractivity contribution < 1.29 is 4.74 Å². The van der Waals surface area contributed by atoms with Gasteiger partial charge in [-0.3, -0.25) is 4.68 Å². The second kappa shape index (κ2) is 6.61. The van der Waals surface area contributed by atoms with Crippen LogP contribution in [-0.2, 0) is 13.6 Å². The molecule has 19 heavy (non-hydrogen) atoms. The lowest BCUT2D eigenvalue weighted by Crippen LogP contribution is -2.03. The summed E-state index contributed by atoms with van der Waals surface area (Å²) in [4.78, 5) is 0. The first-order chi connectivity index (χ1) is 9.19. The van der Waals surface area contributed by atoms with E-state index in [-0.39, 0.29) is 0 Å². The van der Waals surface area contributed by atoms with Crippen LogP contribution in [0.3, 0.4) is 0 Å². The molecule has 1 aromatic heterocycles. The van der Waals surface area contributed by atoms with Crippen molar-refractivity contribution in [1.82, 2.24) is 9.78 Å². The zero-order valence-electron chi connectivity index (χ0n) is 11.2. The molecule has 0 bridgehead atoms. The molecular weight excluding hydrogens is 306 g/mol. The Morgan fingerprint density at radius 3 is 2.95 bits per heavy atom. The lowest BCUT2D eigenvalue weighted by Gasteiger charge is -2.12. The van der Waals surface area contributed by atoms with Gasteiger partial charge in [-0.25, -0.2) is 0 Å². The minimum atomic E-state index is 0.712. The molecular formula is C14H18BrN3O. The SMILES string of the molecule is CCCOc1ccc(Br)cc1CNc1cnn(C)c1. The van der Waals surface area contributed by atoms with E-state index in [1.807, 2.05) is 31.6 Å². The number of ether oxygens (including phenoxy) is 1. The van der Waals surface area contributed by atoms with Crippen molar-refractivity contribution in [3.05, 3.63) is 40.6 Å². The van der Waals surface area contributed by atoms with Gasteiger partial charge in [0.05, 0.1) is 18.5 Å². The third kappa shape index (κ3) is 3.99. The predicted octanol–water partition coefficient (Wildman–Crippen LogP) is 3.58. The maximum Gasteiger partial charge on any atom is 0.124 e. The van der Waals surface area contributed by atoms with Gasteiger partial charge in [0.25, 0.3) is 0 Å². The number of anilines is 1. The molecule has 0 aliphatic heterocycles. The zero-order valence-corrected chi connectivity index (χ0v) is 12.8. The molecule has 0 atom stereocenters. The molecule has 0 aliphatic carbocycles. The topological polar surface area (TPSA) is 39.1 Å². The van der Waals surface area contributed by atoms with Gasteiger partial charge in [0.1, 0.15) is 5.75 Å². The van der Waals surface area contributed by atoms with Crippen molar-refractivity contribution >= 4 is 21.6 Å². The number of halogens is 1. The Morgan fingerprint density at radius 1 is 1.42 bits per heavy atom. The van der Waals surface area contributed by atoms with Crippen molar-refractivity contribution in [1.29, 1.82) is 0 Å². The summed E-state index contributed by atoms with van der Waals surface area (Å²) in [7, 11) is 1.90. The number of benzene rings is 1. The number of rotatable bonds is 6. The number of nitrogens with one attached hydrogen (secondary N) is 1. The van der Waals surface area contributed by atoms with Gasteiger partial charge >= 0.3 is 0 Å². The van der Waals surface area contributed by atoms with Gasteiger partial charge < -0.3 is 10.1 Å². The second-order valence-electron chi connectivity index (χ2n) is 4.36. The highest BCUT2D eigenvalue weighted by Gasteiger charge is 2.05. The Labute approximate surface area is 121 Å². The molecule has 0 fully saturated rings. The molecule has 102 valence electrons. The Bertz CT molecular complexity index is 539. The summed E-state index contributed by atoms with van der Waals surface area (Å²) in [6.45, 7) is 3.55. The molecule has 0 aliphatic rings. The first-order valence-electron chi connectivity index (χ1n) is 6.32. The van der Waals surface area contributed by atoms with Crippen molar-refractivity contribution in [2.24, 2.45) is 7.05 Å². The van der Waals surface area contributed by atoms with E-state index in [2.05, 4.69) is 39.3 Å². The van der Waals surface area contributed by atoms with Gasteiger partial charge in [-0.1, -0.05) is 22.9 Å². The van der Waals surface area contributed by atoms with Gasteiger partial charge in [0, 0.05) is 29.8 Å². The second-order valence-corrected chi connectivity index (χ2v) is 5.27. The van der Waals surface area contributed by atoms with E-state index in [4.69, 9.17) is 4.74 Å². The fourth-order valence-electron chi connectivity index (χ4n) is 1.75. The first kappa shape index (κ1) is 13.9. The Hall–Kier alpha value is -1.49. The molecule has 0 amide bonds. The summed E-state index contributed by atoms with van der Waals surface area (Å²) in [6, 6.07) is 6.08. The molecule has 0 spiro atoms. The van der Waals surface area contributed by atoms with Crippen LogP contribution in [0.2, 0.25) is 0 Å². The quantitative estimate of drug-likeness (QED) is 0.883. The third-order valence-corrected chi connectivity index (χ3v) is 3.17. The molecule has 2 rings (SSSR count). The number of aryl methyl sites for hydroxylation is 1. The maximum absolute atomic E-state index is 5.75. The minimum absolute atomic E-state index is 0.712. The highest BCUT2D eigenvalue weighted by Crippen LogP contribution is 2.24. The van der Waals surface area contributed by atoms with E-state index in [0.29, 0.717) is 6.54 Å². The van der Waals surface area contributed by atoms with E-state index in [1.54, 1.807) is 4.68 Å².